The molecule has 0 unspecified atom stereocenters. The van der Waals surface area contributed by atoms with Crippen LogP contribution in [0, 0.1) is 0 Å². The normalized spacial score (nSPS) is 15.4. The Morgan fingerprint density at radius 1 is 1.22 bits per heavy atom. The first-order valence-electron chi connectivity index (χ1n) is 9.17. The zero-order valence-electron chi connectivity index (χ0n) is 15.3. The number of methoxy groups -OCH3 is 1. The predicted octanol–water partition coefficient (Wildman–Crippen LogP) is 4.09. The van der Waals surface area contributed by atoms with Crippen LogP contribution < -0.4 is 10.1 Å². The Hall–Kier alpha value is -3.08. The topological polar surface area (TPSA) is 64.4 Å². The fourth-order valence-electron chi connectivity index (χ4n) is 3.65. The number of carbonyl (C=O) groups excluding carboxylic acids is 1. The summed E-state index contributed by atoms with van der Waals surface area (Å²) in [6.45, 7) is 0.337. The number of nitrogens with zero attached hydrogens (tertiary/aromatic N) is 1. The minimum atomic E-state index is 0.0380. The molecule has 0 saturated carbocycles. The van der Waals surface area contributed by atoms with Gasteiger partial charge in [0.1, 0.15) is 11.4 Å². The number of ether oxygens (including phenoxy) is 1. The molecule has 1 atom stereocenters. The van der Waals surface area contributed by atoms with Crippen molar-refractivity contribution >= 4 is 5.91 Å². The standard InChI is InChI=1S/C22H22N2O3/c1-26-18-7-4-6-17(11-18)21-13-19(27-24-21)14-23-22(25)12-16-10-9-15-5-2-3-8-20(15)16/h2-8,11,13,16H,9-10,12,14H2,1H3,(H,23,25)/t16-/m0/s1. The average molecular weight is 362 g/mol. The number of rotatable bonds is 6. The monoisotopic (exact) mass is 362 g/mol. The first-order valence-corrected chi connectivity index (χ1v) is 9.17. The lowest BCUT2D eigenvalue weighted by atomic mass is 9.97. The molecule has 5 heteroatoms. The number of nitrogens with one attached hydrogen (secondary N) is 1. The summed E-state index contributed by atoms with van der Waals surface area (Å²) in [6.07, 6.45) is 2.60. The maximum Gasteiger partial charge on any atom is 0.220 e. The van der Waals surface area contributed by atoms with Gasteiger partial charge in [0.05, 0.1) is 13.7 Å². The van der Waals surface area contributed by atoms with Gasteiger partial charge in [-0.2, -0.15) is 0 Å². The van der Waals surface area contributed by atoms with Gasteiger partial charge in [0, 0.05) is 18.1 Å². The molecular weight excluding hydrogens is 340 g/mol. The lowest BCUT2D eigenvalue weighted by molar-refractivity contribution is -0.121. The average Bonchev–Trinajstić information content (AvgIpc) is 3.34. The lowest BCUT2D eigenvalue weighted by Gasteiger charge is -2.11. The molecule has 1 amide bonds. The van der Waals surface area contributed by atoms with Crippen molar-refractivity contribution in [3.05, 3.63) is 71.5 Å². The van der Waals surface area contributed by atoms with E-state index < -0.39 is 0 Å². The van der Waals surface area contributed by atoms with Crippen molar-refractivity contribution in [3.63, 3.8) is 0 Å². The van der Waals surface area contributed by atoms with Crippen molar-refractivity contribution < 1.29 is 14.1 Å². The molecule has 5 nitrogen and oxygen atoms in total. The molecule has 0 radical (unpaired) electrons. The molecule has 0 bridgehead atoms. The summed E-state index contributed by atoms with van der Waals surface area (Å²) < 4.78 is 10.6. The van der Waals surface area contributed by atoms with Gasteiger partial charge in [0.15, 0.2) is 5.76 Å². The largest absolute Gasteiger partial charge is 0.497 e. The van der Waals surface area contributed by atoms with Crippen LogP contribution in [0.2, 0.25) is 0 Å². The molecule has 1 aliphatic rings. The molecule has 138 valence electrons. The van der Waals surface area contributed by atoms with Crippen LogP contribution >= 0.6 is 0 Å². The van der Waals surface area contributed by atoms with Crippen LogP contribution in [-0.2, 0) is 17.8 Å². The Balaban J connectivity index is 1.34. The number of hydrogen-bond acceptors (Lipinski definition) is 4. The Morgan fingerprint density at radius 3 is 3.00 bits per heavy atom. The summed E-state index contributed by atoms with van der Waals surface area (Å²) >= 11 is 0. The maximum atomic E-state index is 12.4. The highest BCUT2D eigenvalue weighted by Gasteiger charge is 2.24. The van der Waals surface area contributed by atoms with E-state index in [-0.39, 0.29) is 5.91 Å². The van der Waals surface area contributed by atoms with Crippen LogP contribution in [0.5, 0.6) is 5.75 Å². The van der Waals surface area contributed by atoms with E-state index in [2.05, 4.69) is 28.7 Å². The number of amides is 1. The van der Waals surface area contributed by atoms with Crippen molar-refractivity contribution in [2.45, 2.75) is 31.7 Å². The number of aryl methyl sites for hydroxylation is 1. The third-order valence-corrected chi connectivity index (χ3v) is 5.07. The second-order valence-corrected chi connectivity index (χ2v) is 6.83. The molecule has 0 spiro atoms. The number of benzene rings is 2. The van der Waals surface area contributed by atoms with Gasteiger partial charge < -0.3 is 14.6 Å². The van der Waals surface area contributed by atoms with Gasteiger partial charge in [0.25, 0.3) is 0 Å². The number of fused-ring (bicyclic) bond motifs is 1. The molecule has 0 saturated heterocycles. The van der Waals surface area contributed by atoms with Gasteiger partial charge in [-0.15, -0.1) is 0 Å². The van der Waals surface area contributed by atoms with Crippen molar-refractivity contribution in [1.82, 2.24) is 10.5 Å². The van der Waals surface area contributed by atoms with Gasteiger partial charge in [-0.3, -0.25) is 4.79 Å². The van der Waals surface area contributed by atoms with Crippen LogP contribution in [-0.4, -0.2) is 18.2 Å². The molecule has 4 rings (SSSR count). The maximum absolute atomic E-state index is 12.4. The van der Waals surface area contributed by atoms with Crippen LogP contribution in [0.25, 0.3) is 11.3 Å². The van der Waals surface area contributed by atoms with Gasteiger partial charge in [0.2, 0.25) is 5.91 Å². The molecule has 1 N–H and O–H groups in total. The van der Waals surface area contributed by atoms with E-state index in [4.69, 9.17) is 9.26 Å². The van der Waals surface area contributed by atoms with E-state index in [0.29, 0.717) is 24.6 Å². The second kappa shape index (κ2) is 7.66. The minimum Gasteiger partial charge on any atom is -0.497 e. The van der Waals surface area contributed by atoms with Gasteiger partial charge in [-0.1, -0.05) is 41.6 Å². The van der Waals surface area contributed by atoms with Crippen molar-refractivity contribution in [1.29, 1.82) is 0 Å². The Morgan fingerprint density at radius 2 is 2.11 bits per heavy atom. The van der Waals surface area contributed by atoms with Crippen molar-refractivity contribution in [3.8, 4) is 17.0 Å². The summed E-state index contributed by atoms with van der Waals surface area (Å²) in [7, 11) is 1.63. The first-order chi connectivity index (χ1) is 13.2. The molecule has 1 heterocycles. The lowest BCUT2D eigenvalue weighted by Crippen LogP contribution is -2.24. The highest BCUT2D eigenvalue weighted by molar-refractivity contribution is 5.77. The Labute approximate surface area is 158 Å². The van der Waals surface area contributed by atoms with E-state index in [1.807, 2.05) is 36.4 Å². The van der Waals surface area contributed by atoms with Gasteiger partial charge in [-0.25, -0.2) is 0 Å². The predicted molar refractivity (Wildman–Crippen MR) is 102 cm³/mol. The third kappa shape index (κ3) is 3.87. The fourth-order valence-corrected chi connectivity index (χ4v) is 3.65. The molecular formula is C22H22N2O3. The zero-order valence-corrected chi connectivity index (χ0v) is 15.3. The summed E-state index contributed by atoms with van der Waals surface area (Å²) in [4.78, 5) is 12.4. The van der Waals surface area contributed by atoms with Crippen LogP contribution in [0.1, 0.15) is 35.6 Å². The van der Waals surface area contributed by atoms with Crippen molar-refractivity contribution in [2.24, 2.45) is 0 Å². The van der Waals surface area contributed by atoms with E-state index in [1.165, 1.54) is 11.1 Å². The van der Waals surface area contributed by atoms with E-state index in [1.54, 1.807) is 7.11 Å². The SMILES string of the molecule is COc1cccc(-c2cc(CNC(=O)C[C@@H]3CCc4ccccc43)on2)c1. The Kier molecular flexibility index (Phi) is 4.92. The van der Waals surface area contributed by atoms with Crippen LogP contribution in [0.4, 0.5) is 0 Å². The van der Waals surface area contributed by atoms with Gasteiger partial charge in [-0.05, 0) is 42.0 Å². The molecule has 0 fully saturated rings. The Bertz CT molecular complexity index is 948. The number of hydrogen-bond donors (Lipinski definition) is 1. The summed E-state index contributed by atoms with van der Waals surface area (Å²) in [5, 5.41) is 7.04. The second-order valence-electron chi connectivity index (χ2n) is 6.83. The van der Waals surface area contributed by atoms with Gasteiger partial charge >= 0.3 is 0 Å². The van der Waals surface area contributed by atoms with E-state index >= 15 is 0 Å². The molecule has 0 aliphatic heterocycles. The summed E-state index contributed by atoms with van der Waals surface area (Å²) in [6, 6.07) is 17.9. The van der Waals surface area contributed by atoms with Crippen LogP contribution in [0.15, 0.2) is 59.1 Å². The third-order valence-electron chi connectivity index (χ3n) is 5.07. The van der Waals surface area contributed by atoms with Crippen LogP contribution in [0.3, 0.4) is 0 Å². The first kappa shape index (κ1) is 17.3. The summed E-state index contributed by atoms with van der Waals surface area (Å²) in [5.41, 5.74) is 4.32. The molecule has 1 aliphatic carbocycles. The number of carbonyl (C=O) groups is 1. The smallest absolute Gasteiger partial charge is 0.220 e. The molecule has 1 aromatic heterocycles. The fraction of sp³-hybridized carbons (Fsp3) is 0.273. The van der Waals surface area contributed by atoms with E-state index in [9.17, 15) is 4.79 Å². The van der Waals surface area contributed by atoms with Crippen molar-refractivity contribution in [2.75, 3.05) is 7.11 Å². The minimum absolute atomic E-state index is 0.0380. The molecule has 27 heavy (non-hydrogen) atoms. The molecule has 2 aromatic carbocycles. The highest BCUT2D eigenvalue weighted by atomic mass is 16.5. The summed E-state index contributed by atoms with van der Waals surface area (Å²) in [5.74, 6) is 1.74. The highest BCUT2D eigenvalue weighted by Crippen LogP contribution is 2.35. The molecule has 3 aromatic rings. The zero-order chi connectivity index (χ0) is 18.6. The van der Waals surface area contributed by atoms with E-state index in [0.717, 1.165) is 29.8 Å². The number of aromatic nitrogens is 1. The quantitative estimate of drug-likeness (QED) is 0.717.